The van der Waals surface area contributed by atoms with Crippen LogP contribution >= 0.6 is 0 Å². The molecule has 1 aromatic heterocycles. The Morgan fingerprint density at radius 3 is 2.58 bits per heavy atom. The molecule has 2 aliphatic rings. The Balaban J connectivity index is 1.56. The molecule has 1 atom stereocenters. The van der Waals surface area contributed by atoms with Gasteiger partial charge in [-0.1, -0.05) is 24.3 Å². The van der Waals surface area contributed by atoms with Crippen LogP contribution in [0.15, 0.2) is 42.6 Å². The number of hydrogen-bond donors (Lipinski definition) is 1. The first-order valence-corrected chi connectivity index (χ1v) is 8.64. The number of hydrogen-bond acceptors (Lipinski definition) is 3. The van der Waals surface area contributed by atoms with Crippen LogP contribution in [0.5, 0.6) is 0 Å². The van der Waals surface area contributed by atoms with Gasteiger partial charge in [0.1, 0.15) is 12.3 Å². The molecule has 2 aromatic rings. The van der Waals surface area contributed by atoms with Crippen molar-refractivity contribution in [3.8, 4) is 0 Å². The summed E-state index contributed by atoms with van der Waals surface area (Å²) < 4.78 is 2.02. The molecule has 0 aliphatic carbocycles. The van der Waals surface area contributed by atoms with Crippen LogP contribution in [0.4, 0.5) is 0 Å². The molecule has 1 aromatic carbocycles. The van der Waals surface area contributed by atoms with Crippen LogP contribution in [0.3, 0.4) is 0 Å². The molecule has 24 heavy (non-hydrogen) atoms. The molecule has 4 nitrogen and oxygen atoms in total. The van der Waals surface area contributed by atoms with Crippen LogP contribution in [0.1, 0.15) is 41.6 Å². The number of nitrogens with one attached hydrogen (secondary N) is 1. The Morgan fingerprint density at radius 1 is 1.12 bits per heavy atom. The van der Waals surface area contributed by atoms with E-state index in [4.69, 9.17) is 0 Å². The first-order chi connectivity index (χ1) is 11.7. The first kappa shape index (κ1) is 15.2. The number of rotatable bonds is 3. The molecule has 4 rings (SSSR count). The summed E-state index contributed by atoms with van der Waals surface area (Å²) in [4.78, 5) is 13.8. The van der Waals surface area contributed by atoms with E-state index in [9.17, 15) is 4.79 Å². The smallest absolute Gasteiger partial charge is 0.148 e. The second-order valence-electron chi connectivity index (χ2n) is 6.84. The average Bonchev–Trinajstić information content (AvgIpc) is 3.10. The second kappa shape index (κ2) is 6.29. The Labute approximate surface area is 142 Å². The van der Waals surface area contributed by atoms with Crippen LogP contribution in [0.2, 0.25) is 0 Å². The lowest BCUT2D eigenvalue weighted by atomic mass is 9.89. The van der Waals surface area contributed by atoms with Crippen molar-refractivity contribution in [2.45, 2.75) is 24.8 Å². The average molecular weight is 321 g/mol. The molecule has 2 aliphatic heterocycles. The zero-order valence-corrected chi connectivity index (χ0v) is 14.0. The molecular weight excluding hydrogens is 298 g/mol. The van der Waals surface area contributed by atoms with Gasteiger partial charge >= 0.3 is 0 Å². The summed E-state index contributed by atoms with van der Waals surface area (Å²) in [5.41, 5.74) is 4.53. The fourth-order valence-corrected chi connectivity index (χ4v) is 3.74. The molecule has 4 heteroatoms. The van der Waals surface area contributed by atoms with Gasteiger partial charge in [0.15, 0.2) is 0 Å². The fourth-order valence-electron chi connectivity index (χ4n) is 3.74. The molecule has 1 unspecified atom stereocenters. The number of aldehydes is 1. The number of fused-ring (bicyclic) bond motifs is 1. The van der Waals surface area contributed by atoms with Gasteiger partial charge in [-0.15, -0.1) is 0 Å². The zero-order chi connectivity index (χ0) is 16.5. The number of benzene rings is 1. The van der Waals surface area contributed by atoms with Crippen LogP contribution in [0, 0.1) is 0 Å². The van der Waals surface area contributed by atoms with Gasteiger partial charge in [0.25, 0.3) is 0 Å². The summed E-state index contributed by atoms with van der Waals surface area (Å²) >= 11 is 0. The zero-order valence-electron chi connectivity index (χ0n) is 14.0. The molecule has 3 heterocycles. The lowest BCUT2D eigenvalue weighted by molar-refractivity contribution is -0.109. The molecule has 0 saturated carbocycles. The number of piperidine rings is 1. The normalized spacial score (nSPS) is 21.7. The van der Waals surface area contributed by atoms with E-state index >= 15 is 0 Å². The molecule has 1 N–H and O–H groups in total. The highest BCUT2D eigenvalue weighted by molar-refractivity contribution is 5.80. The Morgan fingerprint density at radius 2 is 1.88 bits per heavy atom. The Kier molecular flexibility index (Phi) is 3.98. The standard InChI is InChI=1S/C20H23N3O/c1-22-11-8-16(9-12-22)15-4-6-17(7-5-15)18-13-23-10-2-3-20(23)19(14-24)21-18/h2-7,10,13-14,16,19,21H,8-9,11-12H2,1H3. The Hall–Kier alpha value is -2.33. The molecule has 0 spiro atoms. The van der Waals surface area contributed by atoms with Gasteiger partial charge in [0.05, 0.1) is 11.4 Å². The van der Waals surface area contributed by atoms with Crippen molar-refractivity contribution in [3.05, 3.63) is 59.4 Å². The quantitative estimate of drug-likeness (QED) is 0.883. The topological polar surface area (TPSA) is 37.3 Å². The summed E-state index contributed by atoms with van der Waals surface area (Å²) in [6, 6.07) is 12.5. The van der Waals surface area contributed by atoms with Gasteiger partial charge in [0, 0.05) is 12.4 Å². The fraction of sp³-hybridized carbons (Fsp3) is 0.350. The molecule has 0 radical (unpaired) electrons. The van der Waals surface area contributed by atoms with Crippen LogP contribution < -0.4 is 5.32 Å². The number of likely N-dealkylation sites (tertiary alicyclic amines) is 1. The van der Waals surface area contributed by atoms with Crippen molar-refractivity contribution in [2.24, 2.45) is 0 Å². The van der Waals surface area contributed by atoms with Crippen molar-refractivity contribution in [3.63, 3.8) is 0 Å². The predicted molar refractivity (Wildman–Crippen MR) is 96.5 cm³/mol. The highest BCUT2D eigenvalue weighted by Crippen LogP contribution is 2.30. The largest absolute Gasteiger partial charge is 0.369 e. The molecule has 0 bridgehead atoms. The molecule has 0 amide bonds. The Bertz CT molecular complexity index is 751. The highest BCUT2D eigenvalue weighted by atomic mass is 16.1. The van der Waals surface area contributed by atoms with E-state index in [0.29, 0.717) is 5.92 Å². The van der Waals surface area contributed by atoms with Gasteiger partial charge < -0.3 is 19.6 Å². The molecular formula is C20H23N3O. The van der Waals surface area contributed by atoms with E-state index in [0.717, 1.165) is 23.2 Å². The summed E-state index contributed by atoms with van der Waals surface area (Å²) in [6.45, 7) is 2.35. The van der Waals surface area contributed by atoms with Crippen molar-refractivity contribution < 1.29 is 4.79 Å². The third kappa shape index (κ3) is 2.78. The van der Waals surface area contributed by atoms with Gasteiger partial charge in [-0.3, -0.25) is 0 Å². The van der Waals surface area contributed by atoms with Gasteiger partial charge in [-0.25, -0.2) is 0 Å². The lowest BCUT2D eigenvalue weighted by Gasteiger charge is -2.29. The maximum Gasteiger partial charge on any atom is 0.148 e. The van der Waals surface area contributed by atoms with E-state index in [1.54, 1.807) is 0 Å². The maximum absolute atomic E-state index is 11.4. The molecule has 1 fully saturated rings. The van der Waals surface area contributed by atoms with E-state index < -0.39 is 0 Å². The van der Waals surface area contributed by atoms with Gasteiger partial charge in [0.2, 0.25) is 0 Å². The van der Waals surface area contributed by atoms with Gasteiger partial charge in [-0.05, 0) is 62.2 Å². The third-order valence-electron chi connectivity index (χ3n) is 5.26. The minimum Gasteiger partial charge on any atom is -0.369 e. The van der Waals surface area contributed by atoms with E-state index in [1.165, 1.54) is 31.5 Å². The number of carbonyl (C=O) groups is 1. The van der Waals surface area contributed by atoms with Crippen LogP contribution in [0.25, 0.3) is 11.9 Å². The summed E-state index contributed by atoms with van der Waals surface area (Å²) in [5, 5.41) is 3.33. The highest BCUT2D eigenvalue weighted by Gasteiger charge is 2.21. The summed E-state index contributed by atoms with van der Waals surface area (Å²) in [7, 11) is 2.19. The number of carbonyl (C=O) groups excluding carboxylic acids is 1. The van der Waals surface area contributed by atoms with Crippen LogP contribution in [-0.4, -0.2) is 35.9 Å². The second-order valence-corrected chi connectivity index (χ2v) is 6.84. The van der Waals surface area contributed by atoms with Gasteiger partial charge in [-0.2, -0.15) is 0 Å². The van der Waals surface area contributed by atoms with E-state index in [-0.39, 0.29) is 6.04 Å². The van der Waals surface area contributed by atoms with E-state index in [2.05, 4.69) is 47.7 Å². The summed E-state index contributed by atoms with van der Waals surface area (Å²) in [5.74, 6) is 0.669. The third-order valence-corrected chi connectivity index (χ3v) is 5.26. The van der Waals surface area contributed by atoms with Crippen molar-refractivity contribution in [2.75, 3.05) is 20.1 Å². The molecule has 124 valence electrons. The van der Waals surface area contributed by atoms with Crippen molar-refractivity contribution in [1.82, 2.24) is 14.8 Å². The first-order valence-electron chi connectivity index (χ1n) is 8.64. The lowest BCUT2D eigenvalue weighted by Crippen LogP contribution is -2.29. The number of aromatic nitrogens is 1. The van der Waals surface area contributed by atoms with E-state index in [1.807, 2.05) is 22.9 Å². The van der Waals surface area contributed by atoms with Crippen LogP contribution in [-0.2, 0) is 4.79 Å². The maximum atomic E-state index is 11.4. The minimum atomic E-state index is -0.284. The molecule has 1 saturated heterocycles. The monoisotopic (exact) mass is 321 g/mol. The number of nitrogens with zero attached hydrogens (tertiary/aromatic N) is 2. The van der Waals surface area contributed by atoms with Crippen molar-refractivity contribution in [1.29, 1.82) is 0 Å². The SMILES string of the molecule is CN1CCC(c2ccc(C3=Cn4cccc4C(C=O)N3)cc2)CC1. The predicted octanol–water partition coefficient (Wildman–Crippen LogP) is 3.10. The minimum absolute atomic E-state index is 0.284. The van der Waals surface area contributed by atoms with Crippen molar-refractivity contribution >= 4 is 18.2 Å². The summed E-state index contributed by atoms with van der Waals surface area (Å²) in [6.07, 6.45) is 7.47.